The molecule has 1 aliphatic carbocycles. The first-order valence-electron chi connectivity index (χ1n) is 8.61. The molecule has 0 bridgehead atoms. The molecule has 2 fully saturated rings. The van der Waals surface area contributed by atoms with Crippen molar-refractivity contribution in [3.05, 3.63) is 35.1 Å². The molecule has 2 saturated heterocycles. The van der Waals surface area contributed by atoms with E-state index in [-0.39, 0.29) is 5.92 Å². The summed E-state index contributed by atoms with van der Waals surface area (Å²) < 4.78 is 0. The summed E-state index contributed by atoms with van der Waals surface area (Å²) in [5.41, 5.74) is 2.66. The number of nitrogens with zero attached hydrogens (tertiary/aromatic N) is 3. The molecule has 124 valence electrons. The van der Waals surface area contributed by atoms with Gasteiger partial charge in [0.05, 0.1) is 5.69 Å². The zero-order chi connectivity index (χ0) is 16.1. The normalized spacial score (nSPS) is 24.2. The Hall–Kier alpha value is -1.79. The van der Waals surface area contributed by atoms with Crippen molar-refractivity contribution in [2.24, 2.45) is 11.3 Å². The highest BCUT2D eigenvalue weighted by Gasteiger charge is 2.50. The second-order valence-electron chi connectivity index (χ2n) is 7.36. The van der Waals surface area contributed by atoms with Crippen LogP contribution in [-0.2, 0) is 17.6 Å². The van der Waals surface area contributed by atoms with E-state index in [1.165, 1.54) is 4.88 Å². The van der Waals surface area contributed by atoms with Gasteiger partial charge >= 0.3 is 0 Å². The Morgan fingerprint density at radius 3 is 2.79 bits per heavy atom. The predicted molar refractivity (Wildman–Crippen MR) is 92.7 cm³/mol. The van der Waals surface area contributed by atoms with Crippen molar-refractivity contribution in [2.45, 2.75) is 19.3 Å². The van der Waals surface area contributed by atoms with E-state index in [0.29, 0.717) is 11.3 Å². The molecule has 1 N–H and O–H groups in total. The fourth-order valence-corrected chi connectivity index (χ4v) is 5.20. The van der Waals surface area contributed by atoms with Gasteiger partial charge in [-0.05, 0) is 25.0 Å². The molecule has 1 amide bonds. The summed E-state index contributed by atoms with van der Waals surface area (Å²) >= 11 is 1.77. The molecule has 24 heavy (non-hydrogen) atoms. The number of carbonyl (C=O) groups excluding carboxylic acids is 1. The topological polar surface area (TPSA) is 58.1 Å². The van der Waals surface area contributed by atoms with Crippen LogP contribution in [-0.4, -0.2) is 47.0 Å². The van der Waals surface area contributed by atoms with Crippen molar-refractivity contribution in [3.63, 3.8) is 0 Å². The van der Waals surface area contributed by atoms with Crippen LogP contribution in [0.3, 0.4) is 0 Å². The molecule has 5 rings (SSSR count). The number of nitrogens with one attached hydrogen (secondary N) is 1. The monoisotopic (exact) mass is 340 g/mol. The van der Waals surface area contributed by atoms with Gasteiger partial charge in [0.25, 0.3) is 0 Å². The van der Waals surface area contributed by atoms with Crippen molar-refractivity contribution in [2.75, 3.05) is 26.2 Å². The average Bonchev–Trinajstić information content (AvgIpc) is 2.96. The zero-order valence-corrected chi connectivity index (χ0v) is 14.3. The fraction of sp³-hybridized carbons (Fsp3) is 0.500. The molecule has 0 radical (unpaired) electrons. The maximum atomic E-state index is 12.8. The van der Waals surface area contributed by atoms with Crippen molar-refractivity contribution in [3.8, 4) is 10.6 Å². The third-order valence-corrected chi connectivity index (χ3v) is 6.79. The molecule has 5 nitrogen and oxygen atoms in total. The first-order valence-corrected chi connectivity index (χ1v) is 9.43. The highest BCUT2D eigenvalue weighted by molar-refractivity contribution is 7.15. The summed E-state index contributed by atoms with van der Waals surface area (Å²) in [4.78, 5) is 25.1. The molecule has 0 saturated carbocycles. The van der Waals surface area contributed by atoms with E-state index >= 15 is 0 Å². The number of likely N-dealkylation sites (tertiary alicyclic amines) is 1. The lowest BCUT2D eigenvalue weighted by Crippen LogP contribution is -2.72. The van der Waals surface area contributed by atoms with Gasteiger partial charge in [-0.25, -0.2) is 4.98 Å². The van der Waals surface area contributed by atoms with Crippen LogP contribution in [0.1, 0.15) is 17.0 Å². The van der Waals surface area contributed by atoms with Crippen molar-refractivity contribution < 1.29 is 4.79 Å². The van der Waals surface area contributed by atoms with Gasteiger partial charge < -0.3 is 10.2 Å². The smallest absolute Gasteiger partial charge is 0.226 e. The Morgan fingerprint density at radius 2 is 2.08 bits per heavy atom. The molecule has 2 aromatic rings. The number of pyridine rings is 1. The van der Waals surface area contributed by atoms with Crippen LogP contribution in [0.15, 0.2) is 24.5 Å². The zero-order valence-electron chi connectivity index (χ0n) is 13.5. The summed E-state index contributed by atoms with van der Waals surface area (Å²) in [6, 6.07) is 4.00. The van der Waals surface area contributed by atoms with Crippen LogP contribution in [0.4, 0.5) is 0 Å². The number of fused-ring (bicyclic) bond motifs is 1. The van der Waals surface area contributed by atoms with Gasteiger partial charge in [-0.1, -0.05) is 0 Å². The highest BCUT2D eigenvalue weighted by Crippen LogP contribution is 2.38. The van der Waals surface area contributed by atoms with E-state index in [1.807, 2.05) is 12.1 Å². The number of hydrogen-bond donors (Lipinski definition) is 1. The number of aryl methyl sites for hydroxylation is 1. The highest BCUT2D eigenvalue weighted by atomic mass is 32.1. The largest absolute Gasteiger partial charge is 0.341 e. The molecule has 3 aliphatic rings. The molecular formula is C18H20N4OS. The van der Waals surface area contributed by atoms with E-state index in [2.05, 4.69) is 15.2 Å². The Kier molecular flexibility index (Phi) is 3.25. The summed E-state index contributed by atoms with van der Waals surface area (Å²) in [6.07, 6.45) is 6.35. The minimum absolute atomic E-state index is 0.121. The number of rotatable bonds is 2. The minimum Gasteiger partial charge on any atom is -0.341 e. The lowest BCUT2D eigenvalue weighted by Gasteiger charge is -2.56. The van der Waals surface area contributed by atoms with E-state index in [4.69, 9.17) is 4.98 Å². The quantitative estimate of drug-likeness (QED) is 0.905. The van der Waals surface area contributed by atoms with E-state index < -0.39 is 0 Å². The van der Waals surface area contributed by atoms with E-state index in [1.54, 1.807) is 23.7 Å². The van der Waals surface area contributed by atoms with Crippen molar-refractivity contribution in [1.29, 1.82) is 0 Å². The van der Waals surface area contributed by atoms with Crippen LogP contribution in [0.5, 0.6) is 0 Å². The Balaban J connectivity index is 1.30. The average molecular weight is 340 g/mol. The standard InChI is InChI=1S/C18H20N4OS/c23-17(22-10-18(11-22)8-20-9-18)13-1-2-15-14(7-13)21-16(24-15)12-3-5-19-6-4-12/h3-6,13,20H,1-2,7-11H2. The maximum Gasteiger partial charge on any atom is 0.226 e. The van der Waals surface area contributed by atoms with Crippen molar-refractivity contribution >= 4 is 17.2 Å². The second-order valence-corrected chi connectivity index (χ2v) is 8.45. The van der Waals surface area contributed by atoms with Gasteiger partial charge in [0.15, 0.2) is 0 Å². The summed E-state index contributed by atoms with van der Waals surface area (Å²) in [5.74, 6) is 0.465. The van der Waals surface area contributed by atoms with Gasteiger partial charge in [-0.2, -0.15) is 0 Å². The number of thiazole rings is 1. The van der Waals surface area contributed by atoms with Crippen LogP contribution >= 0.6 is 11.3 Å². The SMILES string of the molecule is O=C(C1CCc2sc(-c3ccncc3)nc2C1)N1CC2(CNC2)C1. The molecule has 2 aliphatic heterocycles. The molecule has 1 unspecified atom stereocenters. The third-order valence-electron chi connectivity index (χ3n) is 5.58. The Morgan fingerprint density at radius 1 is 1.29 bits per heavy atom. The molecule has 2 aromatic heterocycles. The van der Waals surface area contributed by atoms with Gasteiger partial charge in [0.2, 0.25) is 5.91 Å². The van der Waals surface area contributed by atoms with Crippen LogP contribution in [0.25, 0.3) is 10.6 Å². The molecule has 0 aromatic carbocycles. The minimum atomic E-state index is 0.121. The second kappa shape index (κ2) is 5.36. The third kappa shape index (κ3) is 2.28. The number of aromatic nitrogens is 2. The molecule has 4 heterocycles. The molecular weight excluding hydrogens is 320 g/mol. The van der Waals surface area contributed by atoms with Crippen LogP contribution in [0.2, 0.25) is 0 Å². The first-order chi connectivity index (χ1) is 11.7. The molecule has 1 atom stereocenters. The van der Waals surface area contributed by atoms with Crippen molar-refractivity contribution in [1.82, 2.24) is 20.2 Å². The summed E-state index contributed by atoms with van der Waals surface area (Å²) in [7, 11) is 0. The Bertz CT molecular complexity index is 776. The molecule has 1 spiro atoms. The summed E-state index contributed by atoms with van der Waals surface area (Å²) in [5, 5.41) is 4.38. The lowest BCUT2D eigenvalue weighted by atomic mass is 9.73. The number of carbonyl (C=O) groups is 1. The van der Waals surface area contributed by atoms with E-state index in [0.717, 1.165) is 61.7 Å². The number of amides is 1. The van der Waals surface area contributed by atoms with Gasteiger partial charge in [0.1, 0.15) is 5.01 Å². The maximum absolute atomic E-state index is 12.8. The van der Waals surface area contributed by atoms with E-state index in [9.17, 15) is 4.79 Å². The van der Waals surface area contributed by atoms with Gasteiger partial charge in [0, 0.05) is 66.8 Å². The number of hydrogen-bond acceptors (Lipinski definition) is 5. The fourth-order valence-electron chi connectivity index (χ4n) is 4.09. The predicted octanol–water partition coefficient (Wildman–Crippen LogP) is 1.74. The van der Waals surface area contributed by atoms with Gasteiger partial charge in [-0.15, -0.1) is 11.3 Å². The summed E-state index contributed by atoms with van der Waals surface area (Å²) in [6.45, 7) is 4.04. The Labute approximate surface area is 145 Å². The lowest BCUT2D eigenvalue weighted by molar-refractivity contribution is -0.151. The van der Waals surface area contributed by atoms with Gasteiger partial charge in [-0.3, -0.25) is 9.78 Å². The van der Waals surface area contributed by atoms with Crippen LogP contribution in [0, 0.1) is 11.3 Å². The van der Waals surface area contributed by atoms with Crippen LogP contribution < -0.4 is 5.32 Å². The first kappa shape index (κ1) is 14.5. The molecule has 6 heteroatoms.